The Morgan fingerprint density at radius 1 is 0.242 bits per heavy atom. The van der Waals surface area contributed by atoms with Crippen LogP contribution < -0.4 is 4.90 Å². The van der Waals surface area contributed by atoms with Crippen molar-refractivity contribution < 1.29 is 0 Å². The van der Waals surface area contributed by atoms with E-state index in [0.29, 0.717) is 0 Å². The molecule has 0 heterocycles. The highest BCUT2D eigenvalue weighted by atomic mass is 15.1. The van der Waals surface area contributed by atoms with E-state index in [1.807, 2.05) is 0 Å². The second-order valence-corrected chi connectivity index (χ2v) is 16.1. The first kappa shape index (κ1) is 37.0. The molecular weight excluding hydrogens is 747 g/mol. The van der Waals surface area contributed by atoms with Gasteiger partial charge >= 0.3 is 0 Å². The monoisotopic (exact) mass is 789 g/mol. The zero-order valence-electron chi connectivity index (χ0n) is 34.3. The molecule has 0 fully saturated rings. The molecule has 1 nitrogen and oxygen atoms in total. The first-order valence-corrected chi connectivity index (χ1v) is 21.4. The predicted molar refractivity (Wildman–Crippen MR) is 260 cm³/mol. The van der Waals surface area contributed by atoms with Crippen molar-refractivity contribution in [2.75, 3.05) is 4.90 Å². The lowest BCUT2D eigenvalue weighted by Crippen LogP contribution is -2.28. The number of rotatable bonds is 9. The number of fused-ring (bicyclic) bond motifs is 3. The van der Waals surface area contributed by atoms with E-state index in [4.69, 9.17) is 0 Å². The Morgan fingerprint density at radius 3 is 1.16 bits per heavy atom. The molecule has 0 N–H and O–H groups in total. The molecule has 10 aromatic carbocycles. The maximum absolute atomic E-state index is 2.51. The zero-order valence-corrected chi connectivity index (χ0v) is 34.3. The third-order valence-corrected chi connectivity index (χ3v) is 12.6. The van der Waals surface area contributed by atoms with Crippen LogP contribution in [-0.4, -0.2) is 0 Å². The van der Waals surface area contributed by atoms with Crippen LogP contribution in [0.25, 0.3) is 55.6 Å². The van der Waals surface area contributed by atoms with Crippen LogP contribution in [-0.2, 0) is 5.41 Å². The molecule has 0 radical (unpaired) electrons. The summed E-state index contributed by atoms with van der Waals surface area (Å²) in [7, 11) is 0. The van der Waals surface area contributed by atoms with E-state index in [9.17, 15) is 0 Å². The highest BCUT2D eigenvalue weighted by molar-refractivity contribution is 5.97. The summed E-state index contributed by atoms with van der Waals surface area (Å²) in [6.07, 6.45) is 0. The third kappa shape index (κ3) is 6.43. The van der Waals surface area contributed by atoms with Crippen LogP contribution in [0.4, 0.5) is 17.1 Å². The highest BCUT2D eigenvalue weighted by Crippen LogP contribution is 2.59. The molecule has 0 aromatic heterocycles. The molecule has 0 bridgehead atoms. The van der Waals surface area contributed by atoms with Gasteiger partial charge in [-0.25, -0.2) is 0 Å². The maximum Gasteiger partial charge on any atom is 0.0714 e. The molecule has 1 aliphatic rings. The second-order valence-electron chi connectivity index (χ2n) is 16.1. The smallest absolute Gasteiger partial charge is 0.0714 e. The van der Waals surface area contributed by atoms with Crippen LogP contribution in [0.15, 0.2) is 261 Å². The fourth-order valence-corrected chi connectivity index (χ4v) is 9.68. The van der Waals surface area contributed by atoms with Crippen molar-refractivity contribution >= 4 is 17.1 Å². The number of anilines is 3. The van der Waals surface area contributed by atoms with Gasteiger partial charge in [0.05, 0.1) is 11.1 Å². The summed E-state index contributed by atoms with van der Waals surface area (Å²) >= 11 is 0. The average molecular weight is 790 g/mol. The van der Waals surface area contributed by atoms with Crippen molar-refractivity contribution in [1.29, 1.82) is 0 Å². The van der Waals surface area contributed by atoms with Crippen molar-refractivity contribution in [1.82, 2.24) is 0 Å². The van der Waals surface area contributed by atoms with Gasteiger partial charge in [-0.2, -0.15) is 0 Å². The van der Waals surface area contributed by atoms with Crippen molar-refractivity contribution in [3.63, 3.8) is 0 Å². The van der Waals surface area contributed by atoms with Gasteiger partial charge < -0.3 is 4.90 Å². The van der Waals surface area contributed by atoms with Gasteiger partial charge in [-0.3, -0.25) is 0 Å². The molecule has 1 aliphatic carbocycles. The molecule has 0 aliphatic heterocycles. The van der Waals surface area contributed by atoms with Gasteiger partial charge in [-0.15, -0.1) is 0 Å². The van der Waals surface area contributed by atoms with Crippen LogP contribution in [0.1, 0.15) is 22.3 Å². The van der Waals surface area contributed by atoms with E-state index in [0.717, 1.165) is 28.2 Å². The van der Waals surface area contributed by atoms with Gasteiger partial charge in [0.1, 0.15) is 0 Å². The fourth-order valence-electron chi connectivity index (χ4n) is 9.68. The first-order valence-electron chi connectivity index (χ1n) is 21.4. The molecule has 0 unspecified atom stereocenters. The summed E-state index contributed by atoms with van der Waals surface area (Å²) in [5.74, 6) is 0. The summed E-state index contributed by atoms with van der Waals surface area (Å²) < 4.78 is 0. The predicted octanol–water partition coefficient (Wildman–Crippen LogP) is 16.2. The summed E-state index contributed by atoms with van der Waals surface area (Å²) in [6, 6.07) is 95.4. The topological polar surface area (TPSA) is 3.24 Å². The van der Waals surface area contributed by atoms with Crippen LogP contribution >= 0.6 is 0 Å². The summed E-state index contributed by atoms with van der Waals surface area (Å²) in [4.78, 5) is 2.47. The van der Waals surface area contributed by atoms with Gasteiger partial charge in [0.2, 0.25) is 0 Å². The molecule has 1 heteroatoms. The average Bonchev–Trinajstić information content (AvgIpc) is 3.65. The summed E-state index contributed by atoms with van der Waals surface area (Å²) in [5.41, 5.74) is 19.7. The van der Waals surface area contributed by atoms with Crippen LogP contribution in [0.3, 0.4) is 0 Å². The Hall–Kier alpha value is -8.00. The van der Waals surface area contributed by atoms with E-state index in [2.05, 4.69) is 266 Å². The van der Waals surface area contributed by atoms with Gasteiger partial charge in [-0.1, -0.05) is 218 Å². The molecule has 0 atom stereocenters. The molecule has 10 aromatic rings. The number of hydrogen-bond acceptors (Lipinski definition) is 1. The molecule has 0 amide bonds. The van der Waals surface area contributed by atoms with Crippen LogP contribution in [0.5, 0.6) is 0 Å². The number of benzene rings is 10. The minimum atomic E-state index is -0.562. The van der Waals surface area contributed by atoms with E-state index >= 15 is 0 Å². The second kappa shape index (κ2) is 15.9. The lowest BCUT2D eigenvalue weighted by molar-refractivity contribution is 0.768. The summed E-state index contributed by atoms with van der Waals surface area (Å²) in [5, 5.41) is 0. The Balaban J connectivity index is 1.22. The minimum Gasteiger partial charge on any atom is -0.310 e. The molecule has 11 rings (SSSR count). The van der Waals surface area contributed by atoms with E-state index < -0.39 is 5.41 Å². The Bertz CT molecular complexity index is 3000. The molecular formula is C61H43N. The third-order valence-electron chi connectivity index (χ3n) is 12.6. The number of nitrogens with zero attached hydrogens (tertiary/aromatic N) is 1. The Labute approximate surface area is 364 Å². The standard InChI is InChI=1S/C61H43N/c1-6-19-44(20-7-1)47-33-37-53(38-34-47)62(54-39-35-48(36-40-54)45-21-8-2-9-22-45)60-43-59-57(42-56(60)50-26-18-25-49(41-50)46-23-10-3-11-24-46)55-31-16-17-32-58(55)61(59,51-27-12-4-13-28-51)52-29-14-5-15-30-52/h1-43H. The fraction of sp³-hybridized carbons (Fsp3) is 0.0164. The lowest BCUT2D eigenvalue weighted by atomic mass is 9.67. The van der Waals surface area contributed by atoms with E-state index in [1.54, 1.807) is 0 Å². The SMILES string of the molecule is c1ccc(-c2ccc(N(c3ccc(-c4ccccc4)cc3)c3cc4c(cc3-c3cccc(-c5ccccc5)c3)-c3ccccc3C4(c3ccccc3)c3ccccc3)cc2)cc1. The Kier molecular flexibility index (Phi) is 9.48. The summed E-state index contributed by atoms with van der Waals surface area (Å²) in [6.45, 7) is 0. The lowest BCUT2D eigenvalue weighted by Gasteiger charge is -2.35. The van der Waals surface area contributed by atoms with Gasteiger partial charge in [0.15, 0.2) is 0 Å². The molecule has 0 saturated carbocycles. The normalized spacial score (nSPS) is 12.3. The number of hydrogen-bond donors (Lipinski definition) is 0. The highest BCUT2D eigenvalue weighted by Gasteiger charge is 2.46. The van der Waals surface area contributed by atoms with Crippen molar-refractivity contribution in [2.45, 2.75) is 5.41 Å². The largest absolute Gasteiger partial charge is 0.310 e. The quantitative estimate of drug-likeness (QED) is 0.141. The van der Waals surface area contributed by atoms with Crippen LogP contribution in [0.2, 0.25) is 0 Å². The van der Waals surface area contributed by atoms with E-state index in [1.165, 1.54) is 66.8 Å². The molecule has 292 valence electrons. The van der Waals surface area contributed by atoms with Gasteiger partial charge in [-0.05, 0) is 115 Å². The van der Waals surface area contributed by atoms with Crippen molar-refractivity contribution in [3.05, 3.63) is 283 Å². The Morgan fingerprint density at radius 2 is 0.645 bits per heavy atom. The maximum atomic E-state index is 2.51. The minimum absolute atomic E-state index is 0.562. The first-order chi connectivity index (χ1) is 30.8. The zero-order chi connectivity index (χ0) is 41.3. The molecule has 0 saturated heterocycles. The molecule has 0 spiro atoms. The van der Waals surface area contributed by atoms with E-state index in [-0.39, 0.29) is 0 Å². The van der Waals surface area contributed by atoms with Gasteiger partial charge in [0.25, 0.3) is 0 Å². The van der Waals surface area contributed by atoms with Gasteiger partial charge in [0, 0.05) is 16.9 Å². The van der Waals surface area contributed by atoms with Crippen LogP contribution in [0, 0.1) is 0 Å². The molecule has 62 heavy (non-hydrogen) atoms. The van der Waals surface area contributed by atoms with Crippen molar-refractivity contribution in [3.8, 4) is 55.6 Å². The van der Waals surface area contributed by atoms with Crippen molar-refractivity contribution in [2.24, 2.45) is 0 Å².